The highest BCUT2D eigenvalue weighted by Gasteiger charge is 2.20. The number of aromatic nitrogens is 1. The molecule has 1 aromatic heterocycles. The average Bonchev–Trinajstić information content (AvgIpc) is 3.27. The molecule has 0 bridgehead atoms. The zero-order chi connectivity index (χ0) is 36.2. The molecular weight excluding hydrogens is 729 g/mol. The second-order valence-corrected chi connectivity index (χ2v) is 13.1. The molecule has 0 N–H and O–H groups in total. The van der Waals surface area contributed by atoms with Crippen LogP contribution in [0.1, 0.15) is 56.5 Å². The first-order valence-corrected chi connectivity index (χ1v) is 18.6. The number of aryl methyl sites for hydroxylation is 2. The Morgan fingerprint density at radius 1 is 0.679 bits per heavy atom. The van der Waals surface area contributed by atoms with Gasteiger partial charge in [-0.2, -0.15) is 0 Å². The minimum absolute atomic E-state index is 0. The van der Waals surface area contributed by atoms with E-state index in [-0.39, 0.29) is 24.8 Å². The van der Waals surface area contributed by atoms with Crippen molar-refractivity contribution in [2.24, 2.45) is 0 Å². The Balaban J connectivity index is 0.000000284. The molecule has 4 aromatic carbocycles. The Kier molecular flexibility index (Phi) is 17.8. The van der Waals surface area contributed by atoms with E-state index in [9.17, 15) is 0 Å². The van der Waals surface area contributed by atoms with Gasteiger partial charge < -0.3 is 28.7 Å². The van der Waals surface area contributed by atoms with E-state index >= 15 is 0 Å². The molecule has 0 saturated carbocycles. The van der Waals surface area contributed by atoms with E-state index in [2.05, 4.69) is 71.3 Å². The molecule has 10 heteroatoms. The number of rotatable bonds is 14. The summed E-state index contributed by atoms with van der Waals surface area (Å²) in [6.07, 6.45) is 5.82. The fourth-order valence-electron chi connectivity index (χ4n) is 6.49. The summed E-state index contributed by atoms with van der Waals surface area (Å²) in [4.78, 5) is 9.34. The molecule has 0 radical (unpaired) electrons. The van der Waals surface area contributed by atoms with Gasteiger partial charge in [-0.15, -0.1) is 24.8 Å². The number of benzene rings is 4. The molecule has 286 valence electrons. The summed E-state index contributed by atoms with van der Waals surface area (Å²) in [5.41, 5.74) is 7.53. The summed E-state index contributed by atoms with van der Waals surface area (Å²) in [5.74, 6) is 3.04. The van der Waals surface area contributed by atoms with Crippen LogP contribution in [0.3, 0.4) is 0 Å². The first-order chi connectivity index (χ1) is 24.8. The van der Waals surface area contributed by atoms with Gasteiger partial charge in [0, 0.05) is 40.9 Å². The topological polar surface area (TPSA) is 56.3 Å². The van der Waals surface area contributed by atoms with Crippen LogP contribution in [0, 0.1) is 0 Å². The molecular formula is C43H54Cl3N3O4. The standard InChI is InChI=1S/C24H29NO4.C19H23ClN2.2ClH/c1-5-26-21-10-9-17(14-22(21)27-6-2)13-20-19-16-24(29-8-4)23(28-7-3)15-18(19)11-12-25-20;1-21(2)12-5-13-22-18-7-4-3-6-15(18)8-9-16-10-11-17(20)14-19(16)22;;/h9-12,14-16H,5-8,13H2,1-4H3;3-4,6-7,10-11,14H,5,8-9,12-13H2,1-2H3;2*1H. The molecule has 0 atom stereocenters. The molecule has 0 unspecified atom stereocenters. The lowest BCUT2D eigenvalue weighted by atomic mass is 10.0. The fraction of sp³-hybridized carbons (Fsp3) is 0.372. The first-order valence-electron chi connectivity index (χ1n) is 18.2. The minimum Gasteiger partial charge on any atom is -0.490 e. The molecule has 5 aromatic rings. The Hall–Kier alpha value is -3.88. The quantitative estimate of drug-likeness (QED) is 0.111. The molecule has 6 rings (SSSR count). The van der Waals surface area contributed by atoms with Gasteiger partial charge >= 0.3 is 0 Å². The van der Waals surface area contributed by atoms with Crippen LogP contribution in [0.15, 0.2) is 85.1 Å². The van der Waals surface area contributed by atoms with E-state index in [1.807, 2.05) is 70.3 Å². The Bertz CT molecular complexity index is 1890. The summed E-state index contributed by atoms with van der Waals surface area (Å²) in [7, 11) is 4.25. The summed E-state index contributed by atoms with van der Waals surface area (Å²) in [6, 6.07) is 27.2. The number of anilines is 2. The maximum absolute atomic E-state index is 6.27. The summed E-state index contributed by atoms with van der Waals surface area (Å²) in [5, 5.41) is 2.96. The molecule has 53 heavy (non-hydrogen) atoms. The lowest BCUT2D eigenvalue weighted by Gasteiger charge is -2.27. The maximum atomic E-state index is 6.27. The van der Waals surface area contributed by atoms with Crippen molar-refractivity contribution in [3.05, 3.63) is 112 Å². The highest BCUT2D eigenvalue weighted by atomic mass is 35.5. The largest absolute Gasteiger partial charge is 0.490 e. The van der Waals surface area contributed by atoms with E-state index in [0.717, 1.165) is 82.4 Å². The van der Waals surface area contributed by atoms with Crippen molar-refractivity contribution in [3.63, 3.8) is 0 Å². The van der Waals surface area contributed by atoms with Crippen LogP contribution in [-0.4, -0.2) is 63.5 Å². The van der Waals surface area contributed by atoms with Crippen LogP contribution >= 0.6 is 36.4 Å². The van der Waals surface area contributed by atoms with Crippen molar-refractivity contribution in [2.45, 2.75) is 53.4 Å². The number of hydrogen-bond donors (Lipinski definition) is 0. The third-order valence-electron chi connectivity index (χ3n) is 8.76. The molecule has 0 saturated heterocycles. The predicted molar refractivity (Wildman–Crippen MR) is 226 cm³/mol. The second kappa shape index (κ2) is 21.7. The Morgan fingerprint density at radius 3 is 1.98 bits per heavy atom. The van der Waals surface area contributed by atoms with Crippen molar-refractivity contribution in [1.29, 1.82) is 0 Å². The molecule has 0 amide bonds. The summed E-state index contributed by atoms with van der Waals surface area (Å²) in [6.45, 7) is 12.4. The predicted octanol–water partition coefficient (Wildman–Crippen LogP) is 10.8. The van der Waals surface area contributed by atoms with E-state index in [0.29, 0.717) is 32.8 Å². The lowest BCUT2D eigenvalue weighted by Crippen LogP contribution is -2.24. The van der Waals surface area contributed by atoms with E-state index in [4.69, 9.17) is 30.5 Å². The van der Waals surface area contributed by atoms with Gasteiger partial charge in [-0.3, -0.25) is 4.98 Å². The maximum Gasteiger partial charge on any atom is 0.161 e. The normalized spacial score (nSPS) is 11.6. The highest BCUT2D eigenvalue weighted by Crippen LogP contribution is 2.38. The number of fused-ring (bicyclic) bond motifs is 3. The monoisotopic (exact) mass is 781 g/mol. The number of pyridine rings is 1. The van der Waals surface area contributed by atoms with E-state index < -0.39 is 0 Å². The molecule has 0 aliphatic carbocycles. The first kappa shape index (κ1) is 43.5. The van der Waals surface area contributed by atoms with Gasteiger partial charge in [-0.1, -0.05) is 41.9 Å². The van der Waals surface area contributed by atoms with Crippen LogP contribution in [0.4, 0.5) is 11.4 Å². The molecule has 7 nitrogen and oxygen atoms in total. The highest BCUT2D eigenvalue weighted by molar-refractivity contribution is 6.30. The van der Waals surface area contributed by atoms with Gasteiger partial charge in [0.25, 0.3) is 0 Å². The lowest BCUT2D eigenvalue weighted by molar-refractivity contribution is 0.287. The number of nitrogens with zero attached hydrogens (tertiary/aromatic N) is 3. The van der Waals surface area contributed by atoms with E-state index in [1.165, 1.54) is 22.5 Å². The number of para-hydroxylation sites is 1. The van der Waals surface area contributed by atoms with Crippen molar-refractivity contribution >= 4 is 58.6 Å². The van der Waals surface area contributed by atoms with Crippen LogP contribution in [0.2, 0.25) is 5.02 Å². The molecule has 0 fully saturated rings. The molecule has 1 aliphatic heterocycles. The average molecular weight is 783 g/mol. The second-order valence-electron chi connectivity index (χ2n) is 12.7. The van der Waals surface area contributed by atoms with E-state index in [1.54, 1.807) is 0 Å². The van der Waals surface area contributed by atoms with Crippen LogP contribution in [0.5, 0.6) is 23.0 Å². The van der Waals surface area contributed by atoms with Crippen LogP contribution in [-0.2, 0) is 19.3 Å². The fourth-order valence-corrected chi connectivity index (χ4v) is 6.65. The van der Waals surface area contributed by atoms with Gasteiger partial charge in [0.15, 0.2) is 23.0 Å². The molecule has 0 spiro atoms. The summed E-state index contributed by atoms with van der Waals surface area (Å²) < 4.78 is 23.0. The zero-order valence-electron chi connectivity index (χ0n) is 31.8. The van der Waals surface area contributed by atoms with Gasteiger partial charge in [0.05, 0.1) is 32.1 Å². The van der Waals surface area contributed by atoms with Crippen molar-refractivity contribution in [3.8, 4) is 23.0 Å². The van der Waals surface area contributed by atoms with Gasteiger partial charge in [0.1, 0.15) is 0 Å². The van der Waals surface area contributed by atoms with Crippen molar-refractivity contribution in [1.82, 2.24) is 9.88 Å². The van der Waals surface area contributed by atoms with Crippen molar-refractivity contribution in [2.75, 3.05) is 58.5 Å². The number of ether oxygens (including phenoxy) is 4. The Labute approximate surface area is 333 Å². The minimum atomic E-state index is 0. The van der Waals surface area contributed by atoms with Crippen LogP contribution < -0.4 is 23.8 Å². The zero-order valence-corrected chi connectivity index (χ0v) is 34.2. The molecule has 1 aliphatic rings. The summed E-state index contributed by atoms with van der Waals surface area (Å²) >= 11 is 6.27. The third kappa shape index (κ3) is 11.6. The SMILES string of the molecule is CCOc1ccc(Cc2nccc3cc(OCC)c(OCC)cc23)cc1OCC.CN(C)CCCN1c2ccccc2CCc2ccc(Cl)cc21.Cl.Cl. The van der Waals surface area contributed by atoms with Crippen molar-refractivity contribution < 1.29 is 18.9 Å². The third-order valence-corrected chi connectivity index (χ3v) is 9.00. The number of hydrogen-bond acceptors (Lipinski definition) is 7. The number of halogens is 3. The van der Waals surface area contributed by atoms with Gasteiger partial charge in [0.2, 0.25) is 0 Å². The Morgan fingerprint density at radius 2 is 1.30 bits per heavy atom. The van der Waals surface area contributed by atoms with Crippen LogP contribution in [0.25, 0.3) is 10.8 Å². The molecule has 2 heterocycles. The van der Waals surface area contributed by atoms with Gasteiger partial charge in [-0.05, 0) is 138 Å². The van der Waals surface area contributed by atoms with Gasteiger partial charge in [-0.25, -0.2) is 0 Å². The smallest absolute Gasteiger partial charge is 0.161 e.